The highest BCUT2D eigenvalue weighted by atomic mass is 16.5. The van der Waals surface area contributed by atoms with Crippen LogP contribution in [0.15, 0.2) is 58.0 Å². The van der Waals surface area contributed by atoms with Crippen LogP contribution in [0.4, 0.5) is 0 Å². The van der Waals surface area contributed by atoms with Gasteiger partial charge in [0.05, 0.1) is 17.9 Å². The standard InChI is InChI=1S/C18H19N3O3/c1-2-6-16-14(9-10-23-16)18(22)20-15(17-19-12-24-21-17)11-13-7-4-3-5-8-13/h3-5,7-10,12,15H,2,6,11H2,1H3,(H,20,22)/t15-/m0/s1. The number of hydrogen-bond acceptors (Lipinski definition) is 5. The first-order valence-corrected chi connectivity index (χ1v) is 7.95. The Morgan fingerprint density at radius 1 is 1.25 bits per heavy atom. The molecular formula is C18H19N3O3. The molecule has 0 aliphatic rings. The quantitative estimate of drug-likeness (QED) is 0.720. The molecule has 24 heavy (non-hydrogen) atoms. The van der Waals surface area contributed by atoms with Crippen LogP contribution in [-0.2, 0) is 12.8 Å². The minimum absolute atomic E-state index is 0.196. The highest BCUT2D eigenvalue weighted by Crippen LogP contribution is 2.18. The number of aromatic nitrogens is 2. The van der Waals surface area contributed by atoms with Gasteiger partial charge in [-0.2, -0.15) is 4.98 Å². The van der Waals surface area contributed by atoms with Crippen molar-refractivity contribution in [2.75, 3.05) is 0 Å². The van der Waals surface area contributed by atoms with Crippen molar-refractivity contribution >= 4 is 5.91 Å². The van der Waals surface area contributed by atoms with Crippen LogP contribution >= 0.6 is 0 Å². The van der Waals surface area contributed by atoms with Gasteiger partial charge in [0, 0.05) is 12.8 Å². The average Bonchev–Trinajstić information content (AvgIpc) is 3.27. The van der Waals surface area contributed by atoms with E-state index in [0.29, 0.717) is 23.6 Å². The maximum Gasteiger partial charge on any atom is 0.255 e. The molecule has 0 radical (unpaired) electrons. The zero-order valence-corrected chi connectivity index (χ0v) is 13.4. The zero-order chi connectivity index (χ0) is 16.8. The average molecular weight is 325 g/mol. The Hall–Kier alpha value is -2.89. The maximum absolute atomic E-state index is 12.6. The number of aryl methyl sites for hydroxylation is 1. The Morgan fingerprint density at radius 2 is 2.08 bits per heavy atom. The van der Waals surface area contributed by atoms with Crippen LogP contribution in [0.1, 0.15) is 46.9 Å². The van der Waals surface area contributed by atoms with Crippen molar-refractivity contribution in [3.05, 3.63) is 71.8 Å². The van der Waals surface area contributed by atoms with Crippen molar-refractivity contribution in [2.45, 2.75) is 32.2 Å². The van der Waals surface area contributed by atoms with Crippen LogP contribution in [-0.4, -0.2) is 16.0 Å². The number of nitrogens with one attached hydrogen (secondary N) is 1. The van der Waals surface area contributed by atoms with Crippen LogP contribution in [0.5, 0.6) is 0 Å². The number of furan rings is 1. The van der Waals surface area contributed by atoms with Gasteiger partial charge in [0.2, 0.25) is 6.39 Å². The van der Waals surface area contributed by atoms with Gasteiger partial charge in [0.25, 0.3) is 5.91 Å². The Bertz CT molecular complexity index is 766. The summed E-state index contributed by atoms with van der Waals surface area (Å²) in [5.41, 5.74) is 1.63. The van der Waals surface area contributed by atoms with Gasteiger partial charge in [0.1, 0.15) is 5.76 Å². The molecule has 0 unspecified atom stereocenters. The molecule has 3 aromatic rings. The first-order valence-electron chi connectivity index (χ1n) is 7.95. The van der Waals surface area contributed by atoms with Gasteiger partial charge < -0.3 is 14.3 Å². The predicted molar refractivity (Wildman–Crippen MR) is 87.4 cm³/mol. The highest BCUT2D eigenvalue weighted by molar-refractivity contribution is 5.95. The molecule has 0 spiro atoms. The summed E-state index contributed by atoms with van der Waals surface area (Å²) in [4.78, 5) is 16.7. The third kappa shape index (κ3) is 3.71. The van der Waals surface area contributed by atoms with E-state index in [1.165, 1.54) is 6.39 Å². The summed E-state index contributed by atoms with van der Waals surface area (Å²) in [6, 6.07) is 11.2. The summed E-state index contributed by atoms with van der Waals surface area (Å²) in [6.07, 6.45) is 5.01. The molecule has 1 aromatic carbocycles. The molecule has 2 heterocycles. The first kappa shape index (κ1) is 16.0. The fraction of sp³-hybridized carbons (Fsp3) is 0.278. The third-order valence-corrected chi connectivity index (χ3v) is 3.75. The SMILES string of the molecule is CCCc1occc1C(=O)N[C@@H](Cc1ccccc1)c1ncon1. The molecule has 1 amide bonds. The van der Waals surface area contributed by atoms with Gasteiger partial charge in [-0.3, -0.25) is 4.79 Å². The van der Waals surface area contributed by atoms with Crippen LogP contribution in [0.25, 0.3) is 0 Å². The summed E-state index contributed by atoms with van der Waals surface area (Å²) < 4.78 is 10.2. The second kappa shape index (κ2) is 7.59. The Morgan fingerprint density at radius 3 is 2.79 bits per heavy atom. The van der Waals surface area contributed by atoms with Gasteiger partial charge >= 0.3 is 0 Å². The number of carbonyl (C=O) groups is 1. The molecule has 2 aromatic heterocycles. The maximum atomic E-state index is 12.6. The number of rotatable bonds is 7. The molecule has 0 bridgehead atoms. The summed E-state index contributed by atoms with van der Waals surface area (Å²) >= 11 is 0. The Labute approximate surface area is 139 Å². The summed E-state index contributed by atoms with van der Waals surface area (Å²) in [5, 5.41) is 6.87. The minimum Gasteiger partial charge on any atom is -0.469 e. The number of amides is 1. The highest BCUT2D eigenvalue weighted by Gasteiger charge is 2.22. The van der Waals surface area contributed by atoms with E-state index in [-0.39, 0.29) is 11.9 Å². The molecule has 0 aliphatic carbocycles. The van der Waals surface area contributed by atoms with E-state index in [4.69, 9.17) is 8.94 Å². The molecule has 124 valence electrons. The number of hydrogen-bond donors (Lipinski definition) is 1. The molecule has 6 heteroatoms. The molecule has 0 aliphatic heterocycles. The normalized spacial score (nSPS) is 12.0. The second-order valence-electron chi connectivity index (χ2n) is 5.51. The monoisotopic (exact) mass is 325 g/mol. The van der Waals surface area contributed by atoms with Crippen molar-refractivity contribution < 1.29 is 13.7 Å². The van der Waals surface area contributed by atoms with Gasteiger partial charge in [-0.25, -0.2) is 0 Å². The van der Waals surface area contributed by atoms with Crippen molar-refractivity contribution in [3.63, 3.8) is 0 Å². The molecule has 0 fully saturated rings. The van der Waals surface area contributed by atoms with Crippen molar-refractivity contribution in [3.8, 4) is 0 Å². The molecule has 0 saturated carbocycles. The van der Waals surface area contributed by atoms with Gasteiger partial charge in [-0.15, -0.1) is 0 Å². The van der Waals surface area contributed by atoms with Gasteiger partial charge in [-0.1, -0.05) is 42.4 Å². The van der Waals surface area contributed by atoms with E-state index in [0.717, 1.165) is 18.4 Å². The number of carbonyl (C=O) groups excluding carboxylic acids is 1. The third-order valence-electron chi connectivity index (χ3n) is 3.75. The molecule has 6 nitrogen and oxygen atoms in total. The largest absolute Gasteiger partial charge is 0.469 e. The topological polar surface area (TPSA) is 81.2 Å². The number of nitrogens with zero attached hydrogens (tertiary/aromatic N) is 2. The van der Waals surface area contributed by atoms with Crippen molar-refractivity contribution in [2.24, 2.45) is 0 Å². The lowest BCUT2D eigenvalue weighted by Crippen LogP contribution is -2.31. The zero-order valence-electron chi connectivity index (χ0n) is 13.4. The van der Waals surface area contributed by atoms with Crippen LogP contribution in [0.3, 0.4) is 0 Å². The second-order valence-corrected chi connectivity index (χ2v) is 5.51. The molecule has 3 rings (SSSR count). The van der Waals surface area contributed by atoms with Gasteiger partial charge in [-0.05, 0) is 18.1 Å². The van der Waals surface area contributed by atoms with Crippen LogP contribution in [0, 0.1) is 0 Å². The lowest BCUT2D eigenvalue weighted by Gasteiger charge is -2.15. The van der Waals surface area contributed by atoms with E-state index in [2.05, 4.69) is 15.5 Å². The minimum atomic E-state index is -0.372. The first-order chi connectivity index (χ1) is 11.8. The predicted octanol–water partition coefficient (Wildman–Crippen LogP) is 3.33. The lowest BCUT2D eigenvalue weighted by atomic mass is 10.0. The van der Waals surface area contributed by atoms with Crippen LogP contribution in [0.2, 0.25) is 0 Å². The molecule has 1 atom stereocenters. The number of benzene rings is 1. The summed E-state index contributed by atoms with van der Waals surface area (Å²) in [6.45, 7) is 2.04. The fourth-order valence-electron chi connectivity index (χ4n) is 2.59. The van der Waals surface area contributed by atoms with Crippen molar-refractivity contribution in [1.29, 1.82) is 0 Å². The molecule has 0 saturated heterocycles. The van der Waals surface area contributed by atoms with Crippen molar-refractivity contribution in [1.82, 2.24) is 15.5 Å². The molecular weight excluding hydrogens is 306 g/mol. The Balaban J connectivity index is 1.79. The Kier molecular flexibility index (Phi) is 5.05. The van der Waals surface area contributed by atoms with E-state index < -0.39 is 0 Å². The van der Waals surface area contributed by atoms with Crippen LogP contribution < -0.4 is 5.32 Å². The van der Waals surface area contributed by atoms with E-state index in [1.54, 1.807) is 12.3 Å². The smallest absolute Gasteiger partial charge is 0.255 e. The van der Waals surface area contributed by atoms with E-state index >= 15 is 0 Å². The summed E-state index contributed by atoms with van der Waals surface area (Å²) in [5.74, 6) is 0.951. The fourth-order valence-corrected chi connectivity index (χ4v) is 2.59. The molecule has 1 N–H and O–H groups in total. The van der Waals surface area contributed by atoms with E-state index in [9.17, 15) is 4.79 Å². The van der Waals surface area contributed by atoms with E-state index in [1.807, 2.05) is 37.3 Å². The lowest BCUT2D eigenvalue weighted by molar-refractivity contribution is 0.0932. The van der Waals surface area contributed by atoms with Gasteiger partial charge in [0.15, 0.2) is 5.82 Å². The summed E-state index contributed by atoms with van der Waals surface area (Å²) in [7, 11) is 0.